The van der Waals surface area contributed by atoms with Crippen LogP contribution in [0.1, 0.15) is 34.7 Å². The second-order valence-corrected chi connectivity index (χ2v) is 7.57. The number of rotatable bonds is 7. The van der Waals surface area contributed by atoms with Gasteiger partial charge in [0.2, 0.25) is 0 Å². The van der Waals surface area contributed by atoms with Gasteiger partial charge in [-0.3, -0.25) is 4.79 Å². The topological polar surface area (TPSA) is 75.7 Å². The Morgan fingerprint density at radius 2 is 1.81 bits per heavy atom. The lowest BCUT2D eigenvalue weighted by atomic mass is 9.99. The molecule has 1 amide bonds. The Hall–Kier alpha value is -3.72. The molecule has 1 atom stereocenters. The van der Waals surface area contributed by atoms with Gasteiger partial charge in [-0.1, -0.05) is 18.2 Å². The molecule has 1 unspecified atom stereocenters. The molecule has 3 aromatic rings. The van der Waals surface area contributed by atoms with Crippen LogP contribution in [0.25, 0.3) is 0 Å². The van der Waals surface area contributed by atoms with Gasteiger partial charge in [0, 0.05) is 19.0 Å². The number of nitrogens with zero attached hydrogens (tertiary/aromatic N) is 2. The summed E-state index contributed by atoms with van der Waals surface area (Å²) in [5, 5.41) is 8.85. The molecule has 0 bridgehead atoms. The highest BCUT2D eigenvalue weighted by Gasteiger charge is 2.26. The maximum absolute atomic E-state index is 12.9. The summed E-state index contributed by atoms with van der Waals surface area (Å²) < 4.78 is 17.3. The maximum atomic E-state index is 12.9. The van der Waals surface area contributed by atoms with Gasteiger partial charge in [0.05, 0.1) is 18.2 Å². The van der Waals surface area contributed by atoms with E-state index >= 15 is 0 Å². The van der Waals surface area contributed by atoms with Crippen LogP contribution in [0.5, 0.6) is 11.5 Å². The summed E-state index contributed by atoms with van der Waals surface area (Å²) in [4.78, 5) is 14.7. The van der Waals surface area contributed by atoms with Gasteiger partial charge in [-0.25, -0.2) is 0 Å². The highest BCUT2D eigenvalue weighted by Crippen LogP contribution is 2.22. The number of para-hydroxylation sites is 1. The van der Waals surface area contributed by atoms with Crippen molar-refractivity contribution >= 4 is 5.91 Å². The number of nitriles is 1. The fraction of sp³-hybridized carbons (Fsp3) is 0.280. The Morgan fingerprint density at radius 3 is 2.58 bits per heavy atom. The number of carbonyl (C=O) groups excluding carboxylic acids is 1. The van der Waals surface area contributed by atoms with E-state index in [0.717, 1.165) is 25.1 Å². The Bertz CT molecular complexity index is 1040. The fourth-order valence-electron chi connectivity index (χ4n) is 3.62. The van der Waals surface area contributed by atoms with Gasteiger partial charge in [0.1, 0.15) is 23.9 Å². The molecule has 0 N–H and O–H groups in total. The lowest BCUT2D eigenvalue weighted by Crippen LogP contribution is -2.41. The third-order valence-corrected chi connectivity index (χ3v) is 5.27. The normalized spacial score (nSPS) is 15.8. The molecule has 1 aliphatic heterocycles. The average molecular weight is 416 g/mol. The van der Waals surface area contributed by atoms with Crippen molar-refractivity contribution < 1.29 is 18.7 Å². The van der Waals surface area contributed by atoms with E-state index in [1.54, 1.807) is 36.4 Å². The number of likely N-dealkylation sites (tertiary alicyclic amines) is 1. The largest absolute Gasteiger partial charge is 0.493 e. The molecule has 2 heterocycles. The van der Waals surface area contributed by atoms with Crippen LogP contribution in [-0.4, -0.2) is 30.5 Å². The second kappa shape index (κ2) is 9.86. The summed E-state index contributed by atoms with van der Waals surface area (Å²) in [5.41, 5.74) is 0.576. The highest BCUT2D eigenvalue weighted by atomic mass is 16.5. The SMILES string of the molecule is N#Cc1ccc(OCc2ccc(C(=O)N3CCCC(COc4ccccc4)C3)o2)cc1. The Morgan fingerprint density at radius 1 is 1.03 bits per heavy atom. The predicted molar refractivity (Wildman–Crippen MR) is 115 cm³/mol. The molecule has 4 rings (SSSR count). The molecule has 1 fully saturated rings. The predicted octanol–water partition coefficient (Wildman–Crippen LogP) is 4.66. The van der Waals surface area contributed by atoms with Gasteiger partial charge >= 0.3 is 0 Å². The minimum atomic E-state index is -0.103. The Balaban J connectivity index is 1.29. The molecule has 0 radical (unpaired) electrons. The van der Waals surface area contributed by atoms with Crippen molar-refractivity contribution in [1.82, 2.24) is 4.90 Å². The van der Waals surface area contributed by atoms with Crippen LogP contribution in [0, 0.1) is 17.2 Å². The Labute approximate surface area is 181 Å². The van der Waals surface area contributed by atoms with Crippen LogP contribution in [0.2, 0.25) is 0 Å². The summed E-state index contributed by atoms with van der Waals surface area (Å²) in [7, 11) is 0. The summed E-state index contributed by atoms with van der Waals surface area (Å²) in [6, 6.07) is 22.1. The number of hydrogen-bond donors (Lipinski definition) is 0. The van der Waals surface area contributed by atoms with Gasteiger partial charge in [0.25, 0.3) is 5.91 Å². The van der Waals surface area contributed by atoms with E-state index in [9.17, 15) is 4.79 Å². The first kappa shape index (κ1) is 20.5. The van der Waals surface area contributed by atoms with Gasteiger partial charge < -0.3 is 18.8 Å². The van der Waals surface area contributed by atoms with Gasteiger partial charge in [-0.15, -0.1) is 0 Å². The van der Waals surface area contributed by atoms with E-state index in [2.05, 4.69) is 6.07 Å². The molecule has 158 valence electrons. The smallest absolute Gasteiger partial charge is 0.289 e. The number of benzene rings is 2. The molecule has 31 heavy (non-hydrogen) atoms. The van der Waals surface area contributed by atoms with E-state index in [-0.39, 0.29) is 12.5 Å². The molecule has 2 aromatic carbocycles. The summed E-state index contributed by atoms with van der Waals surface area (Å²) in [6.45, 7) is 2.18. The first-order chi connectivity index (χ1) is 15.2. The first-order valence-corrected chi connectivity index (χ1v) is 10.4. The average Bonchev–Trinajstić information content (AvgIpc) is 3.31. The van der Waals surface area contributed by atoms with E-state index < -0.39 is 0 Å². The molecule has 1 aliphatic rings. The van der Waals surface area contributed by atoms with Gasteiger partial charge in [-0.05, 0) is 61.4 Å². The molecular formula is C25H24N2O4. The highest BCUT2D eigenvalue weighted by molar-refractivity contribution is 5.91. The molecular weight excluding hydrogens is 392 g/mol. The lowest BCUT2D eigenvalue weighted by molar-refractivity contribution is 0.0598. The third kappa shape index (κ3) is 5.46. The monoisotopic (exact) mass is 416 g/mol. The van der Waals surface area contributed by atoms with Crippen molar-refractivity contribution in [2.45, 2.75) is 19.4 Å². The van der Waals surface area contributed by atoms with Crippen molar-refractivity contribution in [3.8, 4) is 17.6 Å². The van der Waals surface area contributed by atoms with Crippen LogP contribution in [0.4, 0.5) is 0 Å². The molecule has 0 aliphatic carbocycles. The number of ether oxygens (including phenoxy) is 2. The third-order valence-electron chi connectivity index (χ3n) is 5.27. The molecule has 0 spiro atoms. The number of hydrogen-bond acceptors (Lipinski definition) is 5. The van der Waals surface area contributed by atoms with Crippen molar-refractivity contribution in [2.24, 2.45) is 5.92 Å². The first-order valence-electron chi connectivity index (χ1n) is 10.4. The van der Waals surface area contributed by atoms with Crippen LogP contribution >= 0.6 is 0 Å². The van der Waals surface area contributed by atoms with Crippen LogP contribution in [0.3, 0.4) is 0 Å². The molecule has 0 saturated carbocycles. The van der Waals surface area contributed by atoms with Crippen LogP contribution < -0.4 is 9.47 Å². The fourth-order valence-corrected chi connectivity index (χ4v) is 3.62. The van der Waals surface area contributed by atoms with Gasteiger partial charge in [-0.2, -0.15) is 5.26 Å². The number of furan rings is 1. The summed E-state index contributed by atoms with van der Waals surface area (Å²) in [6.07, 6.45) is 1.99. The van der Waals surface area contributed by atoms with Crippen LogP contribution in [0.15, 0.2) is 71.1 Å². The number of piperidine rings is 1. The standard InChI is InChI=1S/C25H24N2O4/c26-15-19-8-10-22(11-9-19)30-18-23-12-13-24(31-23)25(28)27-14-4-5-20(16-27)17-29-21-6-2-1-3-7-21/h1-3,6-13,20H,4-5,14,16-18H2. The van der Waals surface area contributed by atoms with Crippen molar-refractivity contribution in [2.75, 3.05) is 19.7 Å². The molecule has 1 saturated heterocycles. The summed E-state index contributed by atoms with van der Waals surface area (Å²) >= 11 is 0. The number of carbonyl (C=O) groups is 1. The minimum Gasteiger partial charge on any atom is -0.493 e. The second-order valence-electron chi connectivity index (χ2n) is 7.57. The molecule has 1 aromatic heterocycles. The van der Waals surface area contributed by atoms with Crippen molar-refractivity contribution in [1.29, 1.82) is 5.26 Å². The van der Waals surface area contributed by atoms with Crippen molar-refractivity contribution in [3.05, 3.63) is 83.8 Å². The molecule has 6 heteroatoms. The van der Waals surface area contributed by atoms with E-state index in [0.29, 0.717) is 41.9 Å². The van der Waals surface area contributed by atoms with Crippen molar-refractivity contribution in [3.63, 3.8) is 0 Å². The van der Waals surface area contributed by atoms with E-state index in [1.165, 1.54) is 0 Å². The Kier molecular flexibility index (Phi) is 6.53. The van der Waals surface area contributed by atoms with E-state index in [1.807, 2.05) is 35.2 Å². The quantitative estimate of drug-likeness (QED) is 0.560. The summed E-state index contributed by atoms with van der Waals surface area (Å²) in [5.74, 6) is 2.59. The van der Waals surface area contributed by atoms with E-state index in [4.69, 9.17) is 19.2 Å². The number of amides is 1. The van der Waals surface area contributed by atoms with Crippen LogP contribution in [-0.2, 0) is 6.61 Å². The lowest BCUT2D eigenvalue weighted by Gasteiger charge is -2.32. The minimum absolute atomic E-state index is 0.103. The zero-order valence-corrected chi connectivity index (χ0v) is 17.2. The molecule has 6 nitrogen and oxygen atoms in total. The zero-order valence-electron chi connectivity index (χ0n) is 17.2. The maximum Gasteiger partial charge on any atom is 0.289 e. The zero-order chi connectivity index (χ0) is 21.5. The van der Waals surface area contributed by atoms with Gasteiger partial charge in [0.15, 0.2) is 5.76 Å².